The summed E-state index contributed by atoms with van der Waals surface area (Å²) in [7, 11) is -0.311. The van der Waals surface area contributed by atoms with E-state index in [1.165, 1.54) is 11.1 Å². The van der Waals surface area contributed by atoms with Gasteiger partial charge in [-0.3, -0.25) is 0 Å². The zero-order valence-electron chi connectivity index (χ0n) is 9.94. The fraction of sp³-hybridized carbons (Fsp3) is 0.143. The van der Waals surface area contributed by atoms with Gasteiger partial charge in [-0.25, -0.2) is 0 Å². The summed E-state index contributed by atoms with van der Waals surface area (Å²) >= 11 is 0. The van der Waals surface area contributed by atoms with Crippen LogP contribution >= 0.6 is 0 Å². The zero-order chi connectivity index (χ0) is 11.8. The molecule has 0 atom stereocenters. The van der Waals surface area contributed by atoms with E-state index in [1.54, 1.807) is 0 Å². The van der Waals surface area contributed by atoms with Gasteiger partial charge < -0.3 is 9.31 Å². The first-order valence-electron chi connectivity index (χ1n) is 5.74. The Balaban J connectivity index is 1.99. The van der Waals surface area contributed by atoms with Crippen LogP contribution in [0.25, 0.3) is 0 Å². The smallest absolute Gasteiger partial charge is 0.519 e. The monoisotopic (exact) mass is 224 g/mol. The minimum Gasteiger partial charge on any atom is -0.519 e. The fourth-order valence-corrected chi connectivity index (χ4v) is 2.22. The third kappa shape index (κ3) is 1.68. The van der Waals surface area contributed by atoms with Crippen LogP contribution in [0.15, 0.2) is 42.5 Å². The van der Waals surface area contributed by atoms with Gasteiger partial charge >= 0.3 is 7.12 Å². The van der Waals surface area contributed by atoms with Gasteiger partial charge in [0, 0.05) is 5.46 Å². The van der Waals surface area contributed by atoms with Crippen molar-refractivity contribution in [1.29, 1.82) is 0 Å². The van der Waals surface area contributed by atoms with Crippen LogP contribution in [-0.4, -0.2) is 7.12 Å². The average molecular weight is 224 g/mol. The lowest BCUT2D eigenvalue weighted by Gasteiger charge is -2.11. The van der Waals surface area contributed by atoms with Crippen molar-refractivity contribution < 1.29 is 9.31 Å². The number of aryl methyl sites for hydroxylation is 2. The minimum atomic E-state index is -0.311. The molecule has 1 heterocycles. The normalized spacial score (nSPS) is 12.9. The summed E-state index contributed by atoms with van der Waals surface area (Å²) in [5.41, 5.74) is 3.52. The molecule has 0 spiro atoms. The number of hydrogen-bond donors (Lipinski definition) is 0. The molecule has 0 aliphatic carbocycles. The van der Waals surface area contributed by atoms with E-state index in [4.69, 9.17) is 9.31 Å². The highest BCUT2D eigenvalue weighted by Crippen LogP contribution is 2.32. The van der Waals surface area contributed by atoms with E-state index in [9.17, 15) is 0 Å². The van der Waals surface area contributed by atoms with Crippen LogP contribution in [0.4, 0.5) is 0 Å². The molecule has 1 aliphatic heterocycles. The highest BCUT2D eigenvalue weighted by Gasteiger charge is 2.35. The molecule has 17 heavy (non-hydrogen) atoms. The van der Waals surface area contributed by atoms with Crippen LogP contribution in [0.2, 0.25) is 0 Å². The van der Waals surface area contributed by atoms with E-state index < -0.39 is 0 Å². The van der Waals surface area contributed by atoms with Crippen LogP contribution in [0, 0.1) is 13.8 Å². The Morgan fingerprint density at radius 1 is 0.765 bits per heavy atom. The Morgan fingerprint density at radius 3 is 1.82 bits per heavy atom. The predicted octanol–water partition coefficient (Wildman–Crippen LogP) is 2.47. The van der Waals surface area contributed by atoms with Crippen molar-refractivity contribution in [3.63, 3.8) is 0 Å². The summed E-state index contributed by atoms with van der Waals surface area (Å²) in [5, 5.41) is 0. The molecule has 0 saturated carbocycles. The van der Waals surface area contributed by atoms with Gasteiger partial charge in [-0.05, 0) is 37.1 Å². The number of hydrogen-bond acceptors (Lipinski definition) is 2. The van der Waals surface area contributed by atoms with Gasteiger partial charge in [0.05, 0.1) is 0 Å². The van der Waals surface area contributed by atoms with Crippen molar-refractivity contribution in [2.45, 2.75) is 13.8 Å². The van der Waals surface area contributed by atoms with E-state index >= 15 is 0 Å². The maximum atomic E-state index is 5.83. The molecule has 3 heteroatoms. The summed E-state index contributed by atoms with van der Waals surface area (Å²) in [6, 6.07) is 14.0. The highest BCUT2D eigenvalue weighted by molar-refractivity contribution is 6.64. The van der Waals surface area contributed by atoms with Crippen LogP contribution in [0.3, 0.4) is 0 Å². The van der Waals surface area contributed by atoms with Gasteiger partial charge in [-0.1, -0.05) is 30.3 Å². The van der Waals surface area contributed by atoms with Crippen molar-refractivity contribution in [3.8, 4) is 11.5 Å². The quantitative estimate of drug-likeness (QED) is 0.692. The van der Waals surface area contributed by atoms with Crippen molar-refractivity contribution in [1.82, 2.24) is 0 Å². The van der Waals surface area contributed by atoms with Crippen molar-refractivity contribution in [2.75, 3.05) is 0 Å². The molecular weight excluding hydrogens is 211 g/mol. The van der Waals surface area contributed by atoms with Crippen molar-refractivity contribution in [3.05, 3.63) is 53.6 Å². The summed E-state index contributed by atoms with van der Waals surface area (Å²) < 4.78 is 11.7. The first-order valence-corrected chi connectivity index (χ1v) is 5.74. The second-order valence-electron chi connectivity index (χ2n) is 4.32. The SMILES string of the molecule is Cc1cccc(C)c1B1Oc2ccccc2O1. The van der Waals surface area contributed by atoms with Crippen LogP contribution in [0.5, 0.6) is 11.5 Å². The molecule has 2 aromatic carbocycles. The molecule has 0 radical (unpaired) electrons. The lowest BCUT2D eigenvalue weighted by Crippen LogP contribution is -2.42. The third-order valence-corrected chi connectivity index (χ3v) is 3.10. The van der Waals surface area contributed by atoms with Gasteiger partial charge in [-0.15, -0.1) is 0 Å². The van der Waals surface area contributed by atoms with Crippen molar-refractivity contribution >= 4 is 12.6 Å². The summed E-state index contributed by atoms with van der Waals surface area (Å²) in [6.07, 6.45) is 0. The molecule has 0 bridgehead atoms. The molecule has 0 aromatic heterocycles. The zero-order valence-corrected chi connectivity index (χ0v) is 9.94. The fourth-order valence-electron chi connectivity index (χ4n) is 2.22. The molecule has 0 saturated heterocycles. The molecule has 0 fully saturated rings. The van der Waals surface area contributed by atoms with Crippen LogP contribution in [0.1, 0.15) is 11.1 Å². The van der Waals surface area contributed by atoms with Crippen LogP contribution in [-0.2, 0) is 0 Å². The number of fused-ring (bicyclic) bond motifs is 1. The van der Waals surface area contributed by atoms with Crippen LogP contribution < -0.4 is 14.8 Å². The second-order valence-corrected chi connectivity index (χ2v) is 4.32. The summed E-state index contributed by atoms with van der Waals surface area (Å²) in [4.78, 5) is 0. The van der Waals surface area contributed by atoms with Gasteiger partial charge in [-0.2, -0.15) is 0 Å². The van der Waals surface area contributed by atoms with Gasteiger partial charge in [0.2, 0.25) is 0 Å². The number of benzene rings is 2. The van der Waals surface area contributed by atoms with Gasteiger partial charge in [0.1, 0.15) is 11.5 Å². The molecule has 2 aromatic rings. The molecular formula is C14H13BO2. The third-order valence-electron chi connectivity index (χ3n) is 3.10. The minimum absolute atomic E-state index is 0.311. The standard InChI is InChI=1S/C14H13BO2/c1-10-6-5-7-11(2)14(10)15-16-12-8-3-4-9-13(12)17-15/h3-9H,1-2H3. The Hall–Kier alpha value is -1.90. The largest absolute Gasteiger partial charge is 0.633 e. The molecule has 2 nitrogen and oxygen atoms in total. The first kappa shape index (κ1) is 10.3. The Bertz CT molecular complexity index is 521. The maximum Gasteiger partial charge on any atom is 0.633 e. The summed E-state index contributed by atoms with van der Waals surface area (Å²) in [6.45, 7) is 4.16. The molecule has 0 unspecified atom stereocenters. The van der Waals surface area contributed by atoms with E-state index in [2.05, 4.69) is 32.0 Å². The lowest BCUT2D eigenvalue weighted by molar-refractivity contribution is 0.518. The Kier molecular flexibility index (Phi) is 2.32. The molecule has 84 valence electrons. The topological polar surface area (TPSA) is 18.5 Å². The average Bonchev–Trinajstić information content (AvgIpc) is 2.71. The second kappa shape index (κ2) is 3.84. The predicted molar refractivity (Wildman–Crippen MR) is 69.0 cm³/mol. The van der Waals surface area contributed by atoms with Gasteiger partial charge in [0.15, 0.2) is 0 Å². The molecule has 0 N–H and O–H groups in total. The molecule has 3 rings (SSSR count). The maximum absolute atomic E-state index is 5.83. The molecule has 1 aliphatic rings. The lowest BCUT2D eigenvalue weighted by atomic mass is 9.74. The molecule has 0 amide bonds. The van der Waals surface area contributed by atoms with Crippen molar-refractivity contribution in [2.24, 2.45) is 0 Å². The number of para-hydroxylation sites is 2. The Morgan fingerprint density at radius 2 is 1.29 bits per heavy atom. The van der Waals surface area contributed by atoms with E-state index in [-0.39, 0.29) is 7.12 Å². The highest BCUT2D eigenvalue weighted by atomic mass is 16.6. The Labute approximate surface area is 101 Å². The van der Waals surface area contributed by atoms with E-state index in [0.717, 1.165) is 17.0 Å². The van der Waals surface area contributed by atoms with E-state index in [1.807, 2.05) is 24.3 Å². The number of rotatable bonds is 1. The summed E-state index contributed by atoms with van der Waals surface area (Å²) in [5.74, 6) is 1.64. The first-order chi connectivity index (χ1) is 8.25. The van der Waals surface area contributed by atoms with Gasteiger partial charge in [0.25, 0.3) is 0 Å². The van der Waals surface area contributed by atoms with E-state index in [0.29, 0.717) is 0 Å².